The van der Waals surface area contributed by atoms with E-state index in [4.69, 9.17) is 4.42 Å². The Morgan fingerprint density at radius 3 is 2.55 bits per heavy atom. The van der Waals surface area contributed by atoms with Gasteiger partial charge in [0.1, 0.15) is 23.2 Å². The zero-order valence-electron chi connectivity index (χ0n) is 11.6. The summed E-state index contributed by atoms with van der Waals surface area (Å²) in [7, 11) is 0. The van der Waals surface area contributed by atoms with E-state index in [2.05, 4.69) is 0 Å². The lowest BCUT2D eigenvalue weighted by Crippen LogP contribution is -2.23. The SMILES string of the molecule is CC(=O)Cc1ccc([C@H](CC(=O)c2cccs2)C(F)(F)F)o1. The van der Waals surface area contributed by atoms with Gasteiger partial charge in [0.25, 0.3) is 0 Å². The van der Waals surface area contributed by atoms with E-state index in [0.717, 1.165) is 11.3 Å². The fourth-order valence-electron chi connectivity index (χ4n) is 2.02. The molecule has 0 saturated heterocycles. The number of ketones is 2. The number of carbonyl (C=O) groups is 2. The first-order chi connectivity index (χ1) is 10.3. The van der Waals surface area contributed by atoms with Crippen molar-refractivity contribution in [3.63, 3.8) is 0 Å². The Labute approximate surface area is 128 Å². The molecule has 0 spiro atoms. The molecule has 3 nitrogen and oxygen atoms in total. The molecule has 0 bridgehead atoms. The Hall–Kier alpha value is -1.89. The number of alkyl halides is 3. The predicted molar refractivity (Wildman–Crippen MR) is 75.2 cm³/mol. The van der Waals surface area contributed by atoms with Crippen LogP contribution in [0.15, 0.2) is 34.1 Å². The second-order valence-electron chi connectivity index (χ2n) is 4.88. The van der Waals surface area contributed by atoms with Crippen molar-refractivity contribution in [3.8, 4) is 0 Å². The highest BCUT2D eigenvalue weighted by Gasteiger charge is 2.44. The van der Waals surface area contributed by atoms with Crippen LogP contribution in [0.25, 0.3) is 0 Å². The number of carbonyl (C=O) groups excluding carboxylic acids is 2. The summed E-state index contributed by atoms with van der Waals surface area (Å²) in [6, 6.07) is 5.62. The van der Waals surface area contributed by atoms with Crippen LogP contribution in [0.1, 0.15) is 40.5 Å². The van der Waals surface area contributed by atoms with Gasteiger partial charge in [0.2, 0.25) is 0 Å². The Kier molecular flexibility index (Phi) is 4.85. The van der Waals surface area contributed by atoms with E-state index in [1.807, 2.05) is 0 Å². The fourth-order valence-corrected chi connectivity index (χ4v) is 2.70. The Morgan fingerprint density at radius 2 is 2.00 bits per heavy atom. The number of hydrogen-bond acceptors (Lipinski definition) is 4. The highest BCUT2D eigenvalue weighted by Crippen LogP contribution is 2.39. The van der Waals surface area contributed by atoms with E-state index < -0.39 is 24.3 Å². The molecular formula is C15H13F3O3S. The zero-order valence-corrected chi connectivity index (χ0v) is 12.5. The van der Waals surface area contributed by atoms with Gasteiger partial charge >= 0.3 is 6.18 Å². The second kappa shape index (κ2) is 6.48. The smallest absolute Gasteiger partial charge is 0.399 e. The van der Waals surface area contributed by atoms with E-state index in [-0.39, 0.29) is 28.6 Å². The van der Waals surface area contributed by atoms with Crippen molar-refractivity contribution in [2.24, 2.45) is 0 Å². The molecule has 0 radical (unpaired) electrons. The number of rotatable bonds is 6. The van der Waals surface area contributed by atoms with Crippen LogP contribution in [0, 0.1) is 0 Å². The van der Waals surface area contributed by atoms with Gasteiger partial charge in [0.05, 0.1) is 11.3 Å². The average molecular weight is 330 g/mol. The number of thiophene rings is 1. The summed E-state index contributed by atoms with van der Waals surface area (Å²) in [4.78, 5) is 23.2. The molecule has 0 unspecified atom stereocenters. The van der Waals surface area contributed by atoms with Crippen molar-refractivity contribution in [2.75, 3.05) is 0 Å². The van der Waals surface area contributed by atoms with Crippen molar-refractivity contribution in [3.05, 3.63) is 46.0 Å². The molecule has 2 rings (SSSR count). The van der Waals surface area contributed by atoms with Gasteiger partial charge in [-0.3, -0.25) is 9.59 Å². The minimum atomic E-state index is -4.60. The molecule has 22 heavy (non-hydrogen) atoms. The first-order valence-corrected chi connectivity index (χ1v) is 7.37. The van der Waals surface area contributed by atoms with E-state index in [9.17, 15) is 22.8 Å². The molecule has 7 heteroatoms. The number of Topliss-reactive ketones (excluding diaryl/α,β-unsaturated/α-hetero) is 2. The Balaban J connectivity index is 2.21. The van der Waals surface area contributed by atoms with E-state index >= 15 is 0 Å². The average Bonchev–Trinajstić information content (AvgIpc) is 3.04. The molecule has 1 atom stereocenters. The fraction of sp³-hybridized carbons (Fsp3) is 0.333. The molecule has 2 heterocycles. The molecule has 0 aliphatic carbocycles. The van der Waals surface area contributed by atoms with Crippen molar-refractivity contribution in [2.45, 2.75) is 31.9 Å². The maximum atomic E-state index is 13.2. The normalized spacial score (nSPS) is 13.1. The summed E-state index contributed by atoms with van der Waals surface area (Å²) in [6.07, 6.45) is -5.38. The van der Waals surface area contributed by atoms with Crippen molar-refractivity contribution in [1.82, 2.24) is 0 Å². The van der Waals surface area contributed by atoms with Crippen LogP contribution in [-0.4, -0.2) is 17.7 Å². The van der Waals surface area contributed by atoms with Gasteiger partial charge in [-0.25, -0.2) is 0 Å². The van der Waals surface area contributed by atoms with Crippen LogP contribution in [0.3, 0.4) is 0 Å². The van der Waals surface area contributed by atoms with Crippen molar-refractivity contribution in [1.29, 1.82) is 0 Å². The lowest BCUT2D eigenvalue weighted by Gasteiger charge is -2.17. The van der Waals surface area contributed by atoms with Crippen molar-refractivity contribution < 1.29 is 27.2 Å². The topological polar surface area (TPSA) is 47.3 Å². The van der Waals surface area contributed by atoms with Gasteiger partial charge < -0.3 is 4.42 Å². The van der Waals surface area contributed by atoms with Gasteiger partial charge in [-0.2, -0.15) is 13.2 Å². The maximum Gasteiger partial charge on any atom is 0.399 e. The minimum Gasteiger partial charge on any atom is -0.465 e. The third kappa shape index (κ3) is 4.07. The van der Waals surface area contributed by atoms with Gasteiger partial charge in [-0.15, -0.1) is 11.3 Å². The molecule has 0 aliphatic rings. The molecule has 0 aromatic carbocycles. The second-order valence-corrected chi connectivity index (χ2v) is 5.83. The molecule has 2 aromatic rings. The highest BCUT2D eigenvalue weighted by molar-refractivity contribution is 7.12. The molecule has 118 valence electrons. The number of hydrogen-bond donors (Lipinski definition) is 0. The predicted octanol–water partition coefficient (Wildman–Crippen LogP) is 4.39. The zero-order chi connectivity index (χ0) is 16.3. The van der Waals surface area contributed by atoms with Crippen LogP contribution >= 0.6 is 11.3 Å². The lowest BCUT2D eigenvalue weighted by molar-refractivity contribution is -0.153. The highest BCUT2D eigenvalue weighted by atomic mass is 32.1. The van der Waals surface area contributed by atoms with Crippen molar-refractivity contribution >= 4 is 22.9 Å². The summed E-state index contributed by atoms with van der Waals surface area (Å²) < 4.78 is 44.7. The first-order valence-electron chi connectivity index (χ1n) is 6.49. The monoisotopic (exact) mass is 330 g/mol. The summed E-state index contributed by atoms with van der Waals surface area (Å²) in [5.41, 5.74) is 0. The summed E-state index contributed by atoms with van der Waals surface area (Å²) in [6.45, 7) is 1.32. The molecule has 0 saturated carbocycles. The van der Waals surface area contributed by atoms with E-state index in [1.54, 1.807) is 11.4 Å². The summed E-state index contributed by atoms with van der Waals surface area (Å²) >= 11 is 1.10. The Bertz CT molecular complexity index is 656. The van der Waals surface area contributed by atoms with Gasteiger partial charge in [-0.05, 0) is 30.5 Å². The van der Waals surface area contributed by atoms with Gasteiger partial charge in [0, 0.05) is 6.42 Å². The third-order valence-corrected chi connectivity index (χ3v) is 3.94. The molecule has 0 N–H and O–H groups in total. The van der Waals surface area contributed by atoms with Crippen LogP contribution in [0.2, 0.25) is 0 Å². The van der Waals surface area contributed by atoms with Gasteiger partial charge in [0.15, 0.2) is 5.78 Å². The van der Waals surface area contributed by atoms with E-state index in [1.165, 1.54) is 25.1 Å². The summed E-state index contributed by atoms with van der Waals surface area (Å²) in [5, 5.41) is 1.63. The Morgan fingerprint density at radius 1 is 1.27 bits per heavy atom. The number of halogens is 3. The molecule has 0 aliphatic heterocycles. The van der Waals surface area contributed by atoms with E-state index in [0.29, 0.717) is 0 Å². The van der Waals surface area contributed by atoms with Crippen LogP contribution in [0.4, 0.5) is 13.2 Å². The largest absolute Gasteiger partial charge is 0.465 e. The van der Waals surface area contributed by atoms with Crippen LogP contribution < -0.4 is 0 Å². The third-order valence-electron chi connectivity index (χ3n) is 3.03. The lowest BCUT2D eigenvalue weighted by atomic mass is 9.98. The van der Waals surface area contributed by atoms with Gasteiger partial charge in [-0.1, -0.05) is 6.07 Å². The van der Waals surface area contributed by atoms with Crippen LogP contribution in [0.5, 0.6) is 0 Å². The summed E-state index contributed by atoms with van der Waals surface area (Å²) in [5.74, 6) is -2.97. The maximum absolute atomic E-state index is 13.2. The van der Waals surface area contributed by atoms with Crippen LogP contribution in [-0.2, 0) is 11.2 Å². The number of furan rings is 1. The molecular weight excluding hydrogens is 317 g/mol. The standard InChI is InChI=1S/C15H13F3O3S/c1-9(19)7-10-4-5-13(21-10)11(15(16,17)18)8-12(20)14-3-2-6-22-14/h2-6,11H,7-8H2,1H3/t11-/m0/s1. The molecule has 0 fully saturated rings. The first kappa shape index (κ1) is 16.5. The quantitative estimate of drug-likeness (QED) is 0.738. The molecule has 2 aromatic heterocycles. The molecule has 0 amide bonds. The minimum absolute atomic E-state index is 0.0660.